The van der Waals surface area contributed by atoms with Gasteiger partial charge in [-0.3, -0.25) is 0 Å². The van der Waals surface area contributed by atoms with Crippen molar-refractivity contribution in [1.29, 1.82) is 0 Å². The van der Waals surface area contributed by atoms with Crippen molar-refractivity contribution in [3.8, 4) is 0 Å². The molecule has 108 valence electrons. The predicted octanol–water partition coefficient (Wildman–Crippen LogP) is 0.291. The third-order valence-electron chi connectivity index (χ3n) is 2.84. The van der Waals surface area contributed by atoms with Gasteiger partial charge in [0.2, 0.25) is 0 Å². The monoisotopic (exact) mass is 296 g/mol. The van der Waals surface area contributed by atoms with Crippen LogP contribution in [0.1, 0.15) is 18.5 Å². The Morgan fingerprint density at radius 2 is 2.10 bits per heavy atom. The zero-order valence-electron chi connectivity index (χ0n) is 11.4. The average molecular weight is 296 g/mol. The first-order chi connectivity index (χ1) is 9.42. The Bertz CT molecular complexity index is 696. The Morgan fingerprint density at radius 3 is 2.70 bits per heavy atom. The number of anilines is 1. The predicted molar refractivity (Wildman–Crippen MR) is 73.5 cm³/mol. The van der Waals surface area contributed by atoms with Gasteiger partial charge in [0.05, 0.1) is 11.9 Å². The van der Waals surface area contributed by atoms with Crippen LogP contribution in [-0.2, 0) is 17.1 Å². The lowest BCUT2D eigenvalue weighted by atomic mass is 10.1. The maximum Gasteiger partial charge on any atom is 0.277 e. The third-order valence-corrected chi connectivity index (χ3v) is 4.16. The van der Waals surface area contributed by atoms with Gasteiger partial charge in [0, 0.05) is 6.04 Å². The normalized spacial score (nSPS) is 13.2. The summed E-state index contributed by atoms with van der Waals surface area (Å²) in [6.07, 6.45) is 0. The molecular weight excluding hydrogens is 280 g/mol. The molecule has 1 heterocycles. The molecule has 0 amide bonds. The van der Waals surface area contributed by atoms with Gasteiger partial charge >= 0.3 is 0 Å². The summed E-state index contributed by atoms with van der Waals surface area (Å²) >= 11 is 0. The standard InChI is InChI=1S/C11H16N6O2S/c1-8(12-2)9-5-4-6-10(7-9)20(18,19)15-11-13-16-17(3)14-11/h4-8,12H,1-3H3,(H,14,15). The van der Waals surface area contributed by atoms with Gasteiger partial charge in [0.15, 0.2) is 0 Å². The number of benzene rings is 1. The highest BCUT2D eigenvalue weighted by molar-refractivity contribution is 7.92. The average Bonchev–Trinajstić information content (AvgIpc) is 2.82. The van der Waals surface area contributed by atoms with Gasteiger partial charge in [-0.05, 0) is 36.9 Å². The van der Waals surface area contributed by atoms with Gasteiger partial charge in [-0.15, -0.1) is 5.10 Å². The van der Waals surface area contributed by atoms with Crippen LogP contribution in [0, 0.1) is 0 Å². The van der Waals surface area contributed by atoms with E-state index in [0.717, 1.165) is 5.56 Å². The highest BCUT2D eigenvalue weighted by atomic mass is 32.2. The molecule has 0 saturated heterocycles. The molecule has 0 aliphatic heterocycles. The molecular formula is C11H16N6O2S. The topological polar surface area (TPSA) is 102 Å². The number of aromatic nitrogens is 4. The van der Waals surface area contributed by atoms with Crippen molar-refractivity contribution in [2.45, 2.75) is 17.9 Å². The number of tetrazole rings is 1. The van der Waals surface area contributed by atoms with Gasteiger partial charge in [-0.1, -0.05) is 17.2 Å². The molecule has 0 saturated carbocycles. The fraction of sp³-hybridized carbons (Fsp3) is 0.364. The lowest BCUT2D eigenvalue weighted by Gasteiger charge is -2.12. The minimum absolute atomic E-state index is 0.0554. The Balaban J connectivity index is 2.29. The first-order valence-corrected chi connectivity index (χ1v) is 7.45. The molecule has 0 radical (unpaired) electrons. The van der Waals surface area contributed by atoms with E-state index >= 15 is 0 Å². The van der Waals surface area contributed by atoms with Crippen LogP contribution >= 0.6 is 0 Å². The summed E-state index contributed by atoms with van der Waals surface area (Å²) in [7, 11) is -0.352. The first-order valence-electron chi connectivity index (χ1n) is 5.96. The summed E-state index contributed by atoms with van der Waals surface area (Å²) in [6, 6.07) is 6.74. The van der Waals surface area contributed by atoms with Crippen LogP contribution in [0.2, 0.25) is 0 Å². The Morgan fingerprint density at radius 1 is 1.35 bits per heavy atom. The van der Waals surface area contributed by atoms with E-state index < -0.39 is 10.0 Å². The summed E-state index contributed by atoms with van der Waals surface area (Å²) in [5, 5.41) is 14.0. The molecule has 20 heavy (non-hydrogen) atoms. The largest absolute Gasteiger partial charge is 0.313 e. The molecule has 2 aromatic rings. The summed E-state index contributed by atoms with van der Waals surface area (Å²) < 4.78 is 26.7. The summed E-state index contributed by atoms with van der Waals surface area (Å²) in [4.78, 5) is 1.33. The fourth-order valence-corrected chi connectivity index (χ4v) is 2.61. The molecule has 2 N–H and O–H groups in total. The molecule has 8 nitrogen and oxygen atoms in total. The molecule has 9 heteroatoms. The van der Waals surface area contributed by atoms with Crippen molar-refractivity contribution in [2.24, 2.45) is 7.05 Å². The summed E-state index contributed by atoms with van der Waals surface area (Å²) in [6.45, 7) is 1.95. The number of hydrogen-bond acceptors (Lipinski definition) is 6. The van der Waals surface area contributed by atoms with Crippen molar-refractivity contribution in [1.82, 2.24) is 25.5 Å². The van der Waals surface area contributed by atoms with Crippen LogP contribution in [0.25, 0.3) is 0 Å². The molecule has 0 bridgehead atoms. The SMILES string of the molecule is CNC(C)c1cccc(S(=O)(=O)Nc2nnn(C)n2)c1. The molecule has 0 spiro atoms. The van der Waals surface area contributed by atoms with E-state index in [9.17, 15) is 8.42 Å². The van der Waals surface area contributed by atoms with Crippen LogP contribution in [0.15, 0.2) is 29.2 Å². The Hall–Kier alpha value is -2.00. The van der Waals surface area contributed by atoms with Crippen molar-refractivity contribution >= 4 is 16.0 Å². The highest BCUT2D eigenvalue weighted by Crippen LogP contribution is 2.18. The maximum atomic E-state index is 12.2. The fourth-order valence-electron chi connectivity index (χ4n) is 1.62. The van der Waals surface area contributed by atoms with Crippen LogP contribution in [-0.4, -0.2) is 35.7 Å². The van der Waals surface area contributed by atoms with E-state index in [1.807, 2.05) is 20.0 Å². The van der Waals surface area contributed by atoms with Crippen molar-refractivity contribution < 1.29 is 8.42 Å². The van der Waals surface area contributed by atoms with Gasteiger partial charge in [0.25, 0.3) is 16.0 Å². The van der Waals surface area contributed by atoms with Crippen LogP contribution < -0.4 is 10.0 Å². The maximum absolute atomic E-state index is 12.2. The lowest BCUT2D eigenvalue weighted by molar-refractivity contribution is 0.599. The van der Waals surface area contributed by atoms with Gasteiger partial charge in [0.1, 0.15) is 0 Å². The molecule has 1 aromatic carbocycles. The number of rotatable bonds is 5. The third kappa shape index (κ3) is 3.11. The van der Waals surface area contributed by atoms with E-state index in [2.05, 4.69) is 25.4 Å². The lowest BCUT2D eigenvalue weighted by Crippen LogP contribution is -2.16. The molecule has 0 aliphatic rings. The first kappa shape index (κ1) is 14.4. The number of sulfonamides is 1. The summed E-state index contributed by atoms with van der Waals surface area (Å²) in [5.41, 5.74) is 0.877. The van der Waals surface area contributed by atoms with Gasteiger partial charge in [-0.2, -0.15) is 4.80 Å². The van der Waals surface area contributed by atoms with Crippen molar-refractivity contribution in [3.05, 3.63) is 29.8 Å². The zero-order chi connectivity index (χ0) is 14.8. The van der Waals surface area contributed by atoms with Crippen LogP contribution in [0.4, 0.5) is 5.95 Å². The van der Waals surface area contributed by atoms with Crippen molar-refractivity contribution in [3.63, 3.8) is 0 Å². The van der Waals surface area contributed by atoms with Gasteiger partial charge < -0.3 is 5.32 Å². The van der Waals surface area contributed by atoms with Crippen molar-refractivity contribution in [2.75, 3.05) is 11.8 Å². The minimum atomic E-state index is -3.72. The molecule has 1 atom stereocenters. The second kappa shape index (κ2) is 5.55. The molecule has 0 fully saturated rings. The highest BCUT2D eigenvalue weighted by Gasteiger charge is 2.17. The molecule has 2 rings (SSSR count). The van der Waals surface area contributed by atoms with E-state index in [4.69, 9.17) is 0 Å². The molecule has 1 unspecified atom stereocenters. The summed E-state index contributed by atoms with van der Waals surface area (Å²) in [5.74, 6) is -0.0560. The number of aryl methyl sites for hydroxylation is 1. The van der Waals surface area contributed by atoms with Crippen LogP contribution in [0.5, 0.6) is 0 Å². The van der Waals surface area contributed by atoms with E-state index in [1.54, 1.807) is 19.2 Å². The Labute approximate surface area is 117 Å². The molecule has 0 aliphatic carbocycles. The zero-order valence-corrected chi connectivity index (χ0v) is 12.2. The second-order valence-corrected chi connectivity index (χ2v) is 5.97. The van der Waals surface area contributed by atoms with E-state index in [1.165, 1.54) is 10.9 Å². The minimum Gasteiger partial charge on any atom is -0.313 e. The van der Waals surface area contributed by atoms with E-state index in [0.29, 0.717) is 0 Å². The smallest absolute Gasteiger partial charge is 0.277 e. The Kier molecular flexibility index (Phi) is 4.00. The quantitative estimate of drug-likeness (QED) is 0.822. The second-order valence-electron chi connectivity index (χ2n) is 4.29. The number of nitrogens with one attached hydrogen (secondary N) is 2. The molecule has 1 aromatic heterocycles. The van der Waals surface area contributed by atoms with Crippen LogP contribution in [0.3, 0.4) is 0 Å². The van der Waals surface area contributed by atoms with Gasteiger partial charge in [-0.25, -0.2) is 13.1 Å². The van der Waals surface area contributed by atoms with E-state index in [-0.39, 0.29) is 16.9 Å². The number of hydrogen-bond donors (Lipinski definition) is 2. The number of nitrogens with zero attached hydrogens (tertiary/aromatic N) is 4.